The summed E-state index contributed by atoms with van der Waals surface area (Å²) in [6.45, 7) is 2.19. The van der Waals surface area contributed by atoms with Crippen LogP contribution in [0.2, 0.25) is 0 Å². The number of nitrogens with two attached hydrogens (primary N) is 1. The third-order valence-electron chi connectivity index (χ3n) is 4.23. The second-order valence-electron chi connectivity index (χ2n) is 6.81. The lowest BCUT2D eigenvalue weighted by Gasteiger charge is -2.13. The van der Waals surface area contributed by atoms with Gasteiger partial charge < -0.3 is 35.7 Å². The minimum absolute atomic E-state index is 0.110. The molecular weight excluding hydrogens is 478 g/mol. The van der Waals surface area contributed by atoms with Gasteiger partial charge in [-0.05, 0) is 17.7 Å². The number of guanidine groups is 1. The number of carbonyl (C=O) groups is 3. The van der Waals surface area contributed by atoms with Crippen LogP contribution in [0.5, 0.6) is 0 Å². The molecule has 0 spiro atoms. The number of hydrogen-bond acceptors (Lipinski definition) is 8. The largest absolute Gasteiger partial charge is 0.473 e. The molecule has 0 bridgehead atoms. The molecule has 1 unspecified atom stereocenters. The van der Waals surface area contributed by atoms with Crippen molar-refractivity contribution in [1.29, 1.82) is 0 Å². The lowest BCUT2D eigenvalue weighted by atomic mass is 10.1. The molecule has 35 heavy (non-hydrogen) atoms. The van der Waals surface area contributed by atoms with Crippen molar-refractivity contribution in [3.63, 3.8) is 0 Å². The molecule has 186 valence electrons. The molecular formula is C22H25N5O7S. The second-order valence-corrected chi connectivity index (χ2v) is 7.67. The lowest BCUT2D eigenvalue weighted by molar-refractivity contribution is -0.159. The zero-order valence-corrected chi connectivity index (χ0v) is 19.7. The van der Waals surface area contributed by atoms with Gasteiger partial charge >= 0.3 is 11.9 Å². The number of nitrogens with zero attached hydrogens (tertiary/aromatic N) is 2. The highest BCUT2D eigenvalue weighted by atomic mass is 32.1. The van der Waals surface area contributed by atoms with E-state index >= 15 is 0 Å². The molecule has 0 saturated heterocycles. The van der Waals surface area contributed by atoms with E-state index in [1.54, 1.807) is 7.11 Å². The minimum Gasteiger partial charge on any atom is -0.473 e. The zero-order chi connectivity index (χ0) is 25.8. The summed E-state index contributed by atoms with van der Waals surface area (Å²) in [6, 6.07) is 13.5. The highest BCUT2D eigenvalue weighted by molar-refractivity contribution is 7.14. The Hall–Kier alpha value is -4.23. The summed E-state index contributed by atoms with van der Waals surface area (Å²) in [5.41, 5.74) is 7.71. The molecule has 3 rings (SSSR count). The van der Waals surface area contributed by atoms with Crippen LogP contribution in [0, 0.1) is 0 Å². The third-order valence-corrected chi connectivity index (χ3v) is 4.99. The van der Waals surface area contributed by atoms with Crippen LogP contribution in [0.3, 0.4) is 0 Å². The molecule has 0 aliphatic rings. The number of carboxylic acid groups (broad SMARTS) is 2. The van der Waals surface area contributed by atoms with Crippen molar-refractivity contribution in [3.8, 4) is 11.5 Å². The Balaban J connectivity index is 0.000000641. The Morgan fingerprint density at radius 1 is 1.17 bits per heavy atom. The number of thiazole rings is 1. The first kappa shape index (κ1) is 27.0. The molecule has 0 fully saturated rings. The van der Waals surface area contributed by atoms with Gasteiger partial charge in [-0.1, -0.05) is 30.3 Å². The summed E-state index contributed by atoms with van der Waals surface area (Å²) >= 11 is 1.39. The molecule has 1 atom stereocenters. The van der Waals surface area contributed by atoms with Crippen LogP contribution in [0.4, 0.5) is 5.13 Å². The Bertz CT molecular complexity index is 1150. The highest BCUT2D eigenvalue weighted by Crippen LogP contribution is 2.26. The van der Waals surface area contributed by atoms with Crippen molar-refractivity contribution < 1.29 is 33.8 Å². The molecule has 0 saturated carbocycles. The van der Waals surface area contributed by atoms with E-state index in [0.717, 1.165) is 5.56 Å². The number of aliphatic carboxylic acids is 2. The van der Waals surface area contributed by atoms with Gasteiger partial charge in [0.05, 0.1) is 13.1 Å². The quantitative estimate of drug-likeness (QED) is 0.173. The molecule has 12 nitrogen and oxygen atoms in total. The summed E-state index contributed by atoms with van der Waals surface area (Å²) in [7, 11) is 1.65. The molecule has 0 radical (unpaired) electrons. The van der Waals surface area contributed by atoms with E-state index in [1.807, 2.05) is 47.8 Å². The van der Waals surface area contributed by atoms with Gasteiger partial charge in [-0.2, -0.15) is 0 Å². The van der Waals surface area contributed by atoms with Crippen molar-refractivity contribution in [1.82, 2.24) is 10.3 Å². The van der Waals surface area contributed by atoms with Gasteiger partial charge in [0.1, 0.15) is 17.6 Å². The summed E-state index contributed by atoms with van der Waals surface area (Å²) in [6.07, 6.45) is -0.173. The third kappa shape index (κ3) is 9.27. The van der Waals surface area contributed by atoms with Gasteiger partial charge in [0, 0.05) is 19.4 Å². The molecule has 2 aromatic heterocycles. The standard InChI is InChI=1S/C20H23N5O3S.C2H2O4/c1-13(26)22-10-15-8-9-17(28-15)16-12-29-20(24-16)25-19(21)23-11-18(27-2)14-6-4-3-5-7-14;3-1(4)2(5)6/h3-9,12,18H,10-11H2,1-2H3,(H,22,26)(H3,21,23,24,25);(H,3,4)(H,5,6). The average Bonchev–Trinajstić information content (AvgIpc) is 3.49. The van der Waals surface area contributed by atoms with E-state index < -0.39 is 11.9 Å². The summed E-state index contributed by atoms with van der Waals surface area (Å²) in [5.74, 6) is -2.22. The van der Waals surface area contributed by atoms with Crippen LogP contribution < -0.4 is 16.4 Å². The van der Waals surface area contributed by atoms with Gasteiger partial charge in [0.2, 0.25) is 5.91 Å². The normalized spacial score (nSPS) is 11.7. The van der Waals surface area contributed by atoms with Crippen LogP contribution in [-0.2, 0) is 25.7 Å². The van der Waals surface area contributed by atoms with Gasteiger partial charge in [0.15, 0.2) is 16.9 Å². The second kappa shape index (κ2) is 13.5. The van der Waals surface area contributed by atoms with Gasteiger partial charge in [-0.3, -0.25) is 9.79 Å². The van der Waals surface area contributed by atoms with Crippen LogP contribution in [0.15, 0.2) is 57.3 Å². The van der Waals surface area contributed by atoms with E-state index in [9.17, 15) is 4.79 Å². The number of ether oxygens (including phenoxy) is 1. The maximum absolute atomic E-state index is 11.0. The number of carboxylic acids is 2. The molecule has 13 heteroatoms. The van der Waals surface area contributed by atoms with Crippen LogP contribution >= 0.6 is 11.3 Å². The molecule has 3 aromatic rings. The molecule has 1 aromatic carbocycles. The number of aromatic nitrogens is 1. The molecule has 0 aliphatic heterocycles. The number of carbonyl (C=O) groups excluding carboxylic acids is 1. The number of nitrogens with one attached hydrogen (secondary N) is 2. The van der Waals surface area contributed by atoms with Gasteiger partial charge in [0.25, 0.3) is 0 Å². The average molecular weight is 504 g/mol. The summed E-state index contributed by atoms with van der Waals surface area (Å²) in [4.78, 5) is 38.0. The maximum Gasteiger partial charge on any atom is 0.414 e. The number of rotatable bonds is 8. The van der Waals surface area contributed by atoms with Crippen LogP contribution in [0.25, 0.3) is 11.5 Å². The topological polar surface area (TPSA) is 189 Å². The number of methoxy groups -OCH3 is 1. The van der Waals surface area contributed by atoms with Crippen molar-refractivity contribution >= 4 is 40.3 Å². The highest BCUT2D eigenvalue weighted by Gasteiger charge is 2.12. The number of benzene rings is 1. The molecule has 6 N–H and O–H groups in total. The summed E-state index contributed by atoms with van der Waals surface area (Å²) in [5, 5.41) is 22.9. The number of anilines is 1. The summed E-state index contributed by atoms with van der Waals surface area (Å²) < 4.78 is 11.2. The van der Waals surface area contributed by atoms with Crippen LogP contribution in [0.1, 0.15) is 24.4 Å². The van der Waals surface area contributed by atoms with E-state index in [2.05, 4.69) is 20.6 Å². The van der Waals surface area contributed by atoms with E-state index in [1.165, 1.54) is 18.3 Å². The van der Waals surface area contributed by atoms with Crippen molar-refractivity contribution in [2.24, 2.45) is 10.7 Å². The first-order valence-corrected chi connectivity index (χ1v) is 11.0. The fourth-order valence-electron chi connectivity index (χ4n) is 2.58. The fourth-order valence-corrected chi connectivity index (χ4v) is 3.29. The number of amides is 1. The lowest BCUT2D eigenvalue weighted by Crippen LogP contribution is -2.23. The van der Waals surface area contributed by atoms with Crippen molar-refractivity contribution in [3.05, 3.63) is 59.2 Å². The molecule has 2 heterocycles. The van der Waals surface area contributed by atoms with Gasteiger partial charge in [-0.15, -0.1) is 11.3 Å². The van der Waals surface area contributed by atoms with E-state index in [4.69, 9.17) is 34.7 Å². The van der Waals surface area contributed by atoms with Crippen molar-refractivity contribution in [2.45, 2.75) is 19.6 Å². The molecule has 1 amide bonds. The van der Waals surface area contributed by atoms with E-state index in [-0.39, 0.29) is 18.0 Å². The number of hydrogen-bond donors (Lipinski definition) is 5. The molecule has 0 aliphatic carbocycles. The predicted molar refractivity (Wildman–Crippen MR) is 129 cm³/mol. The van der Waals surface area contributed by atoms with Crippen LogP contribution in [-0.4, -0.2) is 52.7 Å². The van der Waals surface area contributed by atoms with Crippen molar-refractivity contribution in [2.75, 3.05) is 19.0 Å². The number of aliphatic imine (C=N–C) groups is 1. The Morgan fingerprint density at radius 3 is 2.46 bits per heavy atom. The minimum atomic E-state index is -1.82. The SMILES string of the molecule is COC(CN=C(N)Nc1nc(-c2ccc(CNC(C)=O)o2)cs1)c1ccccc1.O=C(O)C(=O)O. The zero-order valence-electron chi connectivity index (χ0n) is 18.9. The van der Waals surface area contributed by atoms with Gasteiger partial charge in [-0.25, -0.2) is 14.6 Å². The smallest absolute Gasteiger partial charge is 0.414 e. The Kier molecular flexibility index (Phi) is 10.4. The Morgan fingerprint density at radius 2 is 1.86 bits per heavy atom. The van der Waals surface area contributed by atoms with E-state index in [0.29, 0.717) is 35.4 Å². The monoisotopic (exact) mass is 503 g/mol. The number of furan rings is 1. The first-order valence-electron chi connectivity index (χ1n) is 10.1. The first-order chi connectivity index (χ1) is 16.7. The fraction of sp³-hybridized carbons (Fsp3) is 0.227. The maximum atomic E-state index is 11.0. The Labute approximate surface area is 204 Å². The predicted octanol–water partition coefficient (Wildman–Crippen LogP) is 2.31.